The summed E-state index contributed by atoms with van der Waals surface area (Å²) in [4.78, 5) is 34.9. The molecule has 1 aromatic carbocycles. The highest BCUT2D eigenvalue weighted by Gasteiger charge is 2.18. The van der Waals surface area contributed by atoms with E-state index in [9.17, 15) is 14.4 Å². The maximum atomic E-state index is 12.3. The van der Waals surface area contributed by atoms with Gasteiger partial charge in [-0.25, -0.2) is 4.79 Å². The predicted octanol–water partition coefficient (Wildman–Crippen LogP) is 0.0281. The molecule has 0 aliphatic heterocycles. The summed E-state index contributed by atoms with van der Waals surface area (Å²) in [5.74, 6) is -1.49. The molecular formula is C14H19N3O5. The second-order valence-corrected chi connectivity index (χ2v) is 4.53. The molecule has 0 heterocycles. The lowest BCUT2D eigenvalue weighted by atomic mass is 10.1. The Morgan fingerprint density at radius 2 is 1.91 bits per heavy atom. The second kappa shape index (κ2) is 8.63. The molecule has 4 N–H and O–H groups in total. The van der Waals surface area contributed by atoms with Gasteiger partial charge in [0.2, 0.25) is 0 Å². The third-order valence-electron chi connectivity index (χ3n) is 2.85. The van der Waals surface area contributed by atoms with E-state index in [1.165, 1.54) is 12.0 Å². The van der Waals surface area contributed by atoms with Gasteiger partial charge in [-0.1, -0.05) is 12.1 Å². The van der Waals surface area contributed by atoms with Gasteiger partial charge >= 0.3 is 12.0 Å². The SMILES string of the molecule is COCCN(CC(=O)O)C(=O)c1ccc(CNC(N)=O)cc1. The number of carbonyl (C=O) groups is 3. The average molecular weight is 309 g/mol. The fourth-order valence-electron chi connectivity index (χ4n) is 1.75. The number of primary amides is 1. The first-order valence-electron chi connectivity index (χ1n) is 6.56. The van der Waals surface area contributed by atoms with Crippen molar-refractivity contribution >= 4 is 17.9 Å². The smallest absolute Gasteiger partial charge is 0.323 e. The summed E-state index contributed by atoms with van der Waals surface area (Å²) in [7, 11) is 1.48. The van der Waals surface area contributed by atoms with Gasteiger partial charge in [0.1, 0.15) is 6.54 Å². The number of carbonyl (C=O) groups excluding carboxylic acids is 2. The zero-order valence-electron chi connectivity index (χ0n) is 12.2. The molecule has 0 bridgehead atoms. The molecule has 0 saturated heterocycles. The highest BCUT2D eigenvalue weighted by atomic mass is 16.5. The highest BCUT2D eigenvalue weighted by molar-refractivity contribution is 5.95. The van der Waals surface area contributed by atoms with E-state index in [0.717, 1.165) is 5.56 Å². The number of aliphatic carboxylic acids is 1. The highest BCUT2D eigenvalue weighted by Crippen LogP contribution is 2.08. The molecule has 0 spiro atoms. The Hall–Kier alpha value is -2.61. The lowest BCUT2D eigenvalue weighted by Gasteiger charge is -2.20. The number of methoxy groups -OCH3 is 1. The van der Waals surface area contributed by atoms with E-state index in [1.807, 2.05) is 0 Å². The number of hydrogen-bond acceptors (Lipinski definition) is 4. The van der Waals surface area contributed by atoms with Crippen LogP contribution in [-0.2, 0) is 16.1 Å². The minimum atomic E-state index is -1.09. The van der Waals surface area contributed by atoms with Gasteiger partial charge in [-0.15, -0.1) is 0 Å². The minimum absolute atomic E-state index is 0.187. The minimum Gasteiger partial charge on any atom is -0.480 e. The lowest BCUT2D eigenvalue weighted by Crippen LogP contribution is -2.38. The van der Waals surface area contributed by atoms with Crippen molar-refractivity contribution in [3.63, 3.8) is 0 Å². The molecule has 0 aromatic heterocycles. The van der Waals surface area contributed by atoms with E-state index in [-0.39, 0.29) is 19.7 Å². The van der Waals surface area contributed by atoms with Gasteiger partial charge in [0, 0.05) is 25.8 Å². The summed E-state index contributed by atoms with van der Waals surface area (Å²) in [6.45, 7) is 0.297. The summed E-state index contributed by atoms with van der Waals surface area (Å²) in [5.41, 5.74) is 6.11. The average Bonchev–Trinajstić information content (AvgIpc) is 2.48. The van der Waals surface area contributed by atoms with Gasteiger partial charge in [0.15, 0.2) is 0 Å². The van der Waals surface area contributed by atoms with Crippen LogP contribution in [-0.4, -0.2) is 54.7 Å². The number of ether oxygens (including phenoxy) is 1. The van der Waals surface area contributed by atoms with Crippen molar-refractivity contribution in [2.45, 2.75) is 6.54 Å². The number of amides is 3. The van der Waals surface area contributed by atoms with E-state index in [4.69, 9.17) is 15.6 Å². The first-order chi connectivity index (χ1) is 10.4. The van der Waals surface area contributed by atoms with Crippen LogP contribution >= 0.6 is 0 Å². The van der Waals surface area contributed by atoms with Crippen LogP contribution in [0, 0.1) is 0 Å². The molecule has 0 atom stereocenters. The van der Waals surface area contributed by atoms with Crippen molar-refractivity contribution in [2.24, 2.45) is 5.73 Å². The Morgan fingerprint density at radius 1 is 1.27 bits per heavy atom. The number of carboxylic acid groups (broad SMARTS) is 1. The first kappa shape index (κ1) is 17.4. The van der Waals surface area contributed by atoms with Crippen molar-refractivity contribution in [3.05, 3.63) is 35.4 Å². The van der Waals surface area contributed by atoms with Crippen LogP contribution in [0.15, 0.2) is 24.3 Å². The van der Waals surface area contributed by atoms with Crippen LogP contribution in [0.1, 0.15) is 15.9 Å². The third-order valence-corrected chi connectivity index (χ3v) is 2.85. The Kier molecular flexibility index (Phi) is 6.84. The normalized spacial score (nSPS) is 10.0. The summed E-state index contributed by atoms with van der Waals surface area (Å²) in [5, 5.41) is 11.3. The summed E-state index contributed by atoms with van der Waals surface area (Å²) in [6, 6.07) is 5.84. The Balaban J connectivity index is 2.75. The molecule has 0 saturated carbocycles. The zero-order valence-corrected chi connectivity index (χ0v) is 12.2. The molecule has 1 aromatic rings. The molecule has 0 unspecified atom stereocenters. The molecule has 0 aliphatic rings. The number of benzene rings is 1. The number of nitrogens with zero attached hydrogens (tertiary/aromatic N) is 1. The standard InChI is InChI=1S/C14H19N3O5/c1-22-7-6-17(9-12(18)19)13(20)11-4-2-10(3-5-11)8-16-14(15)21/h2-5H,6-9H2,1H3,(H,18,19)(H3,15,16,21). The van der Waals surface area contributed by atoms with E-state index >= 15 is 0 Å². The summed E-state index contributed by atoms with van der Waals surface area (Å²) >= 11 is 0. The lowest BCUT2D eigenvalue weighted by molar-refractivity contribution is -0.137. The van der Waals surface area contributed by atoms with E-state index in [2.05, 4.69) is 5.32 Å². The van der Waals surface area contributed by atoms with E-state index in [0.29, 0.717) is 5.56 Å². The fraction of sp³-hybridized carbons (Fsp3) is 0.357. The van der Waals surface area contributed by atoms with Crippen molar-refractivity contribution < 1.29 is 24.2 Å². The van der Waals surface area contributed by atoms with E-state index < -0.39 is 24.5 Å². The van der Waals surface area contributed by atoms with Gasteiger partial charge in [0.05, 0.1) is 6.61 Å². The fourth-order valence-corrected chi connectivity index (χ4v) is 1.75. The largest absolute Gasteiger partial charge is 0.480 e. The summed E-state index contributed by atoms with van der Waals surface area (Å²) in [6.07, 6.45) is 0. The van der Waals surface area contributed by atoms with Crippen LogP contribution < -0.4 is 11.1 Å². The Bertz CT molecular complexity index is 530. The Morgan fingerprint density at radius 3 is 2.41 bits per heavy atom. The second-order valence-electron chi connectivity index (χ2n) is 4.53. The molecule has 0 fully saturated rings. The van der Waals surface area contributed by atoms with Gasteiger partial charge in [-0.2, -0.15) is 0 Å². The van der Waals surface area contributed by atoms with Crippen LogP contribution in [0.5, 0.6) is 0 Å². The number of nitrogens with two attached hydrogens (primary N) is 1. The number of nitrogens with one attached hydrogen (secondary N) is 1. The molecule has 8 heteroatoms. The van der Waals surface area contributed by atoms with Crippen LogP contribution in [0.2, 0.25) is 0 Å². The van der Waals surface area contributed by atoms with Gasteiger partial charge in [0.25, 0.3) is 5.91 Å². The Labute approximate surface area is 127 Å². The molecule has 8 nitrogen and oxygen atoms in total. The summed E-state index contributed by atoms with van der Waals surface area (Å²) < 4.78 is 4.87. The topological polar surface area (TPSA) is 122 Å². The van der Waals surface area contributed by atoms with Crippen LogP contribution in [0.4, 0.5) is 4.79 Å². The number of urea groups is 1. The molecule has 3 amide bonds. The predicted molar refractivity (Wildman–Crippen MR) is 78.3 cm³/mol. The maximum absolute atomic E-state index is 12.3. The molecular weight excluding hydrogens is 290 g/mol. The number of rotatable bonds is 8. The van der Waals surface area contributed by atoms with Crippen LogP contribution in [0.25, 0.3) is 0 Å². The van der Waals surface area contributed by atoms with Gasteiger partial charge < -0.3 is 25.8 Å². The van der Waals surface area contributed by atoms with E-state index in [1.54, 1.807) is 24.3 Å². The maximum Gasteiger partial charge on any atom is 0.323 e. The van der Waals surface area contributed by atoms with Crippen molar-refractivity contribution in [1.82, 2.24) is 10.2 Å². The monoisotopic (exact) mass is 309 g/mol. The molecule has 120 valence electrons. The number of carboxylic acids is 1. The van der Waals surface area contributed by atoms with Gasteiger partial charge in [-0.05, 0) is 17.7 Å². The van der Waals surface area contributed by atoms with Crippen molar-refractivity contribution in [2.75, 3.05) is 26.8 Å². The van der Waals surface area contributed by atoms with Crippen molar-refractivity contribution in [1.29, 1.82) is 0 Å². The van der Waals surface area contributed by atoms with Gasteiger partial charge in [-0.3, -0.25) is 9.59 Å². The molecule has 0 aliphatic carbocycles. The quantitative estimate of drug-likeness (QED) is 0.625. The zero-order chi connectivity index (χ0) is 16.5. The number of hydrogen-bond donors (Lipinski definition) is 3. The molecule has 1 rings (SSSR count). The first-order valence-corrected chi connectivity index (χ1v) is 6.56. The van der Waals surface area contributed by atoms with Crippen LogP contribution in [0.3, 0.4) is 0 Å². The third kappa shape index (κ3) is 5.80. The molecule has 22 heavy (non-hydrogen) atoms. The van der Waals surface area contributed by atoms with Crippen molar-refractivity contribution in [3.8, 4) is 0 Å². The molecule has 0 radical (unpaired) electrons.